The Morgan fingerprint density at radius 1 is 1.29 bits per heavy atom. The van der Waals surface area contributed by atoms with Gasteiger partial charge in [0, 0.05) is 13.1 Å². The van der Waals surface area contributed by atoms with Crippen LogP contribution in [0.15, 0.2) is 24.3 Å². The van der Waals surface area contributed by atoms with Gasteiger partial charge >= 0.3 is 0 Å². The van der Waals surface area contributed by atoms with Crippen molar-refractivity contribution in [1.29, 1.82) is 0 Å². The van der Waals surface area contributed by atoms with Crippen molar-refractivity contribution in [3.8, 4) is 0 Å². The largest absolute Gasteiger partial charge is 0.216 e. The second kappa shape index (κ2) is 4.42. The van der Waals surface area contributed by atoms with E-state index in [0.717, 1.165) is 12.8 Å². The highest BCUT2D eigenvalue weighted by Gasteiger charge is 2.33. The van der Waals surface area contributed by atoms with E-state index in [1.807, 2.05) is 18.2 Å². The Labute approximate surface area is 104 Å². The summed E-state index contributed by atoms with van der Waals surface area (Å²) in [6, 6.07) is 8.13. The van der Waals surface area contributed by atoms with Gasteiger partial charge in [-0.05, 0) is 37.8 Å². The van der Waals surface area contributed by atoms with E-state index in [0.29, 0.717) is 0 Å². The summed E-state index contributed by atoms with van der Waals surface area (Å²) in [7, 11) is -1.47. The Bertz CT molecular complexity index is 508. The van der Waals surface area contributed by atoms with E-state index in [2.05, 4.69) is 6.07 Å². The maximum atomic E-state index is 12.2. The van der Waals surface area contributed by atoms with Crippen LogP contribution in [0.1, 0.15) is 37.4 Å². The van der Waals surface area contributed by atoms with Crippen LogP contribution in [0, 0.1) is 0 Å². The van der Waals surface area contributed by atoms with Gasteiger partial charge in [0.25, 0.3) is 0 Å². The number of benzene rings is 1. The van der Waals surface area contributed by atoms with E-state index in [9.17, 15) is 8.42 Å². The summed E-state index contributed by atoms with van der Waals surface area (Å²) in [5.41, 5.74) is 2.45. The third-order valence-electron chi connectivity index (χ3n) is 3.54. The molecule has 0 N–H and O–H groups in total. The van der Waals surface area contributed by atoms with Crippen LogP contribution in [-0.4, -0.2) is 25.0 Å². The number of fused-ring (bicyclic) bond motifs is 1. The normalized spacial score (nSPS) is 19.9. The number of hydrogen-bond donors (Lipinski definition) is 0. The third kappa shape index (κ3) is 2.11. The molecule has 0 heterocycles. The standard InChI is InChI=1S/C13H19NO2S/c1-10(2)17(15,16)14(3)13-9-8-11-6-4-5-7-12(11)13/h4-7,10,13H,8-9H2,1-3H3. The summed E-state index contributed by atoms with van der Waals surface area (Å²) < 4.78 is 25.9. The van der Waals surface area contributed by atoms with Crippen LogP contribution in [0.5, 0.6) is 0 Å². The molecule has 0 saturated carbocycles. The average Bonchev–Trinajstić information content (AvgIpc) is 2.71. The van der Waals surface area contributed by atoms with Crippen LogP contribution < -0.4 is 0 Å². The molecule has 0 aromatic heterocycles. The lowest BCUT2D eigenvalue weighted by Crippen LogP contribution is -2.35. The molecule has 0 spiro atoms. The van der Waals surface area contributed by atoms with Gasteiger partial charge in [0.05, 0.1) is 5.25 Å². The minimum Gasteiger partial charge on any atom is -0.212 e. The molecule has 2 rings (SSSR count). The van der Waals surface area contributed by atoms with Gasteiger partial charge in [0.2, 0.25) is 10.0 Å². The van der Waals surface area contributed by atoms with Crippen LogP contribution in [0.4, 0.5) is 0 Å². The van der Waals surface area contributed by atoms with Crippen molar-refractivity contribution in [3.63, 3.8) is 0 Å². The fraction of sp³-hybridized carbons (Fsp3) is 0.538. The van der Waals surface area contributed by atoms with Crippen LogP contribution in [0.25, 0.3) is 0 Å². The van der Waals surface area contributed by atoms with Gasteiger partial charge in [0.15, 0.2) is 0 Å². The van der Waals surface area contributed by atoms with Crippen molar-refractivity contribution < 1.29 is 8.42 Å². The molecule has 3 nitrogen and oxygen atoms in total. The molecule has 1 unspecified atom stereocenters. The predicted octanol–water partition coefficient (Wildman–Crippen LogP) is 2.34. The van der Waals surface area contributed by atoms with Gasteiger partial charge in [-0.2, -0.15) is 4.31 Å². The molecule has 4 heteroatoms. The first-order valence-electron chi connectivity index (χ1n) is 5.99. The first-order valence-corrected chi connectivity index (χ1v) is 7.49. The molecule has 0 saturated heterocycles. The minimum atomic E-state index is -3.17. The lowest BCUT2D eigenvalue weighted by molar-refractivity contribution is 0.370. The summed E-state index contributed by atoms with van der Waals surface area (Å²) in [6.07, 6.45) is 1.86. The Kier molecular flexibility index (Phi) is 3.27. The number of sulfonamides is 1. The molecule has 0 radical (unpaired) electrons. The molecule has 94 valence electrons. The molecule has 0 amide bonds. The fourth-order valence-corrected chi connectivity index (χ4v) is 3.66. The van der Waals surface area contributed by atoms with Crippen molar-refractivity contribution in [2.24, 2.45) is 0 Å². The van der Waals surface area contributed by atoms with Gasteiger partial charge < -0.3 is 0 Å². The Hall–Kier alpha value is -0.870. The van der Waals surface area contributed by atoms with E-state index in [4.69, 9.17) is 0 Å². The average molecular weight is 253 g/mol. The first kappa shape index (κ1) is 12.6. The highest BCUT2D eigenvalue weighted by molar-refractivity contribution is 7.89. The summed E-state index contributed by atoms with van der Waals surface area (Å²) in [4.78, 5) is 0. The van der Waals surface area contributed by atoms with E-state index < -0.39 is 10.0 Å². The second-order valence-electron chi connectivity index (χ2n) is 4.86. The number of nitrogens with zero attached hydrogens (tertiary/aromatic N) is 1. The number of rotatable bonds is 3. The smallest absolute Gasteiger partial charge is 0.212 e. The highest BCUT2D eigenvalue weighted by atomic mass is 32.2. The van der Waals surface area contributed by atoms with Crippen LogP contribution >= 0.6 is 0 Å². The van der Waals surface area contributed by atoms with Crippen LogP contribution in [-0.2, 0) is 16.4 Å². The molecular weight excluding hydrogens is 234 g/mol. The van der Waals surface area contributed by atoms with Gasteiger partial charge in [-0.25, -0.2) is 8.42 Å². The lowest BCUT2D eigenvalue weighted by Gasteiger charge is -2.26. The zero-order chi connectivity index (χ0) is 12.6. The second-order valence-corrected chi connectivity index (χ2v) is 7.41. The highest BCUT2D eigenvalue weighted by Crippen LogP contribution is 2.36. The van der Waals surface area contributed by atoms with E-state index in [1.54, 1.807) is 25.2 Å². The van der Waals surface area contributed by atoms with Gasteiger partial charge in [-0.15, -0.1) is 0 Å². The molecular formula is C13H19NO2S. The van der Waals surface area contributed by atoms with E-state index in [-0.39, 0.29) is 11.3 Å². The van der Waals surface area contributed by atoms with Gasteiger partial charge in [-0.3, -0.25) is 0 Å². The molecule has 0 aliphatic heterocycles. The molecule has 1 aromatic rings. The Morgan fingerprint density at radius 3 is 2.59 bits per heavy atom. The maximum Gasteiger partial charge on any atom is 0.216 e. The summed E-state index contributed by atoms with van der Waals surface area (Å²) >= 11 is 0. The van der Waals surface area contributed by atoms with E-state index >= 15 is 0 Å². The quantitative estimate of drug-likeness (QED) is 0.829. The number of hydrogen-bond acceptors (Lipinski definition) is 2. The zero-order valence-corrected chi connectivity index (χ0v) is 11.4. The summed E-state index contributed by atoms with van der Waals surface area (Å²) in [5.74, 6) is 0. The van der Waals surface area contributed by atoms with Gasteiger partial charge in [-0.1, -0.05) is 24.3 Å². The fourth-order valence-electron chi connectivity index (χ4n) is 2.42. The first-order chi connectivity index (χ1) is 7.94. The molecule has 0 bridgehead atoms. The van der Waals surface area contributed by atoms with Crippen molar-refractivity contribution in [1.82, 2.24) is 4.31 Å². The Morgan fingerprint density at radius 2 is 1.94 bits per heavy atom. The SMILES string of the molecule is CC(C)S(=O)(=O)N(C)C1CCc2ccccc21. The predicted molar refractivity (Wildman–Crippen MR) is 69.3 cm³/mol. The molecule has 1 aromatic carbocycles. The van der Waals surface area contributed by atoms with Crippen molar-refractivity contribution >= 4 is 10.0 Å². The minimum absolute atomic E-state index is 0.0126. The monoisotopic (exact) mass is 253 g/mol. The van der Waals surface area contributed by atoms with Crippen molar-refractivity contribution in [2.45, 2.75) is 38.0 Å². The van der Waals surface area contributed by atoms with Crippen molar-refractivity contribution in [2.75, 3.05) is 7.05 Å². The lowest BCUT2D eigenvalue weighted by atomic mass is 10.1. The molecule has 0 fully saturated rings. The molecule has 17 heavy (non-hydrogen) atoms. The van der Waals surface area contributed by atoms with Gasteiger partial charge in [0.1, 0.15) is 0 Å². The van der Waals surface area contributed by atoms with Crippen LogP contribution in [0.2, 0.25) is 0 Å². The zero-order valence-electron chi connectivity index (χ0n) is 10.6. The van der Waals surface area contributed by atoms with Crippen LogP contribution in [0.3, 0.4) is 0 Å². The molecule has 1 aliphatic rings. The molecule has 1 atom stereocenters. The topological polar surface area (TPSA) is 37.4 Å². The third-order valence-corrected chi connectivity index (χ3v) is 5.79. The maximum absolute atomic E-state index is 12.2. The Balaban J connectivity index is 2.33. The van der Waals surface area contributed by atoms with E-state index in [1.165, 1.54) is 11.1 Å². The summed E-state index contributed by atoms with van der Waals surface area (Å²) in [5, 5.41) is -0.361. The number of aryl methyl sites for hydroxylation is 1. The molecule has 1 aliphatic carbocycles. The summed E-state index contributed by atoms with van der Waals surface area (Å²) in [6.45, 7) is 3.46. The van der Waals surface area contributed by atoms with Crippen molar-refractivity contribution in [3.05, 3.63) is 35.4 Å².